The van der Waals surface area contributed by atoms with Crippen molar-refractivity contribution in [1.82, 2.24) is 9.88 Å². The molecule has 1 aliphatic heterocycles. The predicted octanol–water partition coefficient (Wildman–Crippen LogP) is 3.63. The summed E-state index contributed by atoms with van der Waals surface area (Å²) in [5.74, 6) is 1.07. The smallest absolute Gasteiger partial charge is 0.254 e. The van der Waals surface area contributed by atoms with Crippen LogP contribution in [0.15, 0.2) is 48.7 Å². The lowest BCUT2D eigenvalue weighted by Crippen LogP contribution is -2.31. The number of hydrogen-bond donors (Lipinski definition) is 1. The molecular weight excluding hydrogens is 286 g/mol. The molecule has 2 aromatic rings. The van der Waals surface area contributed by atoms with Crippen molar-refractivity contribution < 1.29 is 4.79 Å². The third kappa shape index (κ3) is 2.93. The molecule has 2 aliphatic rings. The molecule has 1 amide bonds. The molecule has 0 spiro atoms. The molecule has 23 heavy (non-hydrogen) atoms. The van der Waals surface area contributed by atoms with Gasteiger partial charge in [-0.05, 0) is 43.9 Å². The number of rotatable bonds is 4. The zero-order valence-corrected chi connectivity index (χ0v) is 13.1. The zero-order valence-electron chi connectivity index (χ0n) is 13.1. The third-order valence-corrected chi connectivity index (χ3v) is 4.65. The second-order valence-electron chi connectivity index (χ2n) is 6.38. The first-order valence-corrected chi connectivity index (χ1v) is 8.40. The SMILES string of the molecule is O=C(c1ccccc1)N1CCC[C@@H]1c1cccnc1NC1CC1. The summed E-state index contributed by atoms with van der Waals surface area (Å²) in [6, 6.07) is 14.3. The minimum absolute atomic E-state index is 0.120. The summed E-state index contributed by atoms with van der Waals surface area (Å²) < 4.78 is 0. The van der Waals surface area contributed by atoms with Gasteiger partial charge in [-0.1, -0.05) is 24.3 Å². The number of hydrogen-bond acceptors (Lipinski definition) is 3. The first kappa shape index (κ1) is 14.2. The monoisotopic (exact) mass is 307 g/mol. The van der Waals surface area contributed by atoms with E-state index in [0.29, 0.717) is 6.04 Å². The molecule has 118 valence electrons. The van der Waals surface area contributed by atoms with E-state index in [4.69, 9.17) is 0 Å². The van der Waals surface area contributed by atoms with Gasteiger partial charge in [0.2, 0.25) is 0 Å². The molecule has 0 radical (unpaired) electrons. The number of nitrogens with one attached hydrogen (secondary N) is 1. The van der Waals surface area contributed by atoms with E-state index in [1.165, 1.54) is 12.8 Å². The van der Waals surface area contributed by atoms with Crippen molar-refractivity contribution >= 4 is 11.7 Å². The van der Waals surface area contributed by atoms with Crippen molar-refractivity contribution in [3.8, 4) is 0 Å². The number of likely N-dealkylation sites (tertiary alicyclic amines) is 1. The summed E-state index contributed by atoms with van der Waals surface area (Å²) in [5, 5.41) is 3.51. The maximum Gasteiger partial charge on any atom is 0.254 e. The molecule has 4 nitrogen and oxygen atoms in total. The number of amides is 1. The van der Waals surface area contributed by atoms with Crippen LogP contribution in [0.4, 0.5) is 5.82 Å². The maximum atomic E-state index is 12.9. The summed E-state index contributed by atoms with van der Waals surface area (Å²) in [6.45, 7) is 0.816. The molecule has 0 unspecified atom stereocenters. The van der Waals surface area contributed by atoms with E-state index >= 15 is 0 Å². The lowest BCUT2D eigenvalue weighted by molar-refractivity contribution is 0.0736. The molecule has 1 aromatic carbocycles. The summed E-state index contributed by atoms with van der Waals surface area (Å²) >= 11 is 0. The molecule has 0 bridgehead atoms. The van der Waals surface area contributed by atoms with Crippen molar-refractivity contribution in [2.24, 2.45) is 0 Å². The lowest BCUT2D eigenvalue weighted by atomic mass is 10.0. The summed E-state index contributed by atoms with van der Waals surface area (Å²) in [7, 11) is 0. The minimum atomic E-state index is 0.120. The van der Waals surface area contributed by atoms with E-state index in [1.54, 1.807) is 0 Å². The Balaban J connectivity index is 1.62. The number of nitrogens with zero attached hydrogens (tertiary/aromatic N) is 2. The van der Waals surface area contributed by atoms with Crippen molar-refractivity contribution in [3.63, 3.8) is 0 Å². The van der Waals surface area contributed by atoms with Crippen LogP contribution in [0.2, 0.25) is 0 Å². The van der Waals surface area contributed by atoms with Crippen LogP contribution in [-0.4, -0.2) is 28.4 Å². The van der Waals surface area contributed by atoms with E-state index in [0.717, 1.165) is 36.3 Å². The van der Waals surface area contributed by atoms with Crippen LogP contribution >= 0.6 is 0 Å². The van der Waals surface area contributed by atoms with Crippen molar-refractivity contribution in [3.05, 3.63) is 59.8 Å². The van der Waals surface area contributed by atoms with Gasteiger partial charge in [-0.15, -0.1) is 0 Å². The molecule has 1 aromatic heterocycles. The molecule has 4 rings (SSSR count). The molecule has 4 heteroatoms. The molecule has 1 saturated carbocycles. The Morgan fingerprint density at radius 2 is 1.91 bits per heavy atom. The van der Waals surface area contributed by atoms with Crippen LogP contribution in [0, 0.1) is 0 Å². The Labute approximate surface area is 136 Å². The van der Waals surface area contributed by atoms with Gasteiger partial charge in [-0.2, -0.15) is 0 Å². The number of aromatic nitrogens is 1. The van der Waals surface area contributed by atoms with E-state index in [1.807, 2.05) is 47.5 Å². The number of pyridine rings is 1. The fraction of sp³-hybridized carbons (Fsp3) is 0.368. The van der Waals surface area contributed by atoms with Gasteiger partial charge in [0.1, 0.15) is 5.82 Å². The summed E-state index contributed by atoms with van der Waals surface area (Å²) in [5.41, 5.74) is 1.92. The topological polar surface area (TPSA) is 45.2 Å². The molecule has 2 fully saturated rings. The Kier molecular flexibility index (Phi) is 3.74. The fourth-order valence-corrected chi connectivity index (χ4v) is 3.31. The highest BCUT2D eigenvalue weighted by Gasteiger charge is 2.33. The van der Waals surface area contributed by atoms with Crippen molar-refractivity contribution in [2.45, 2.75) is 37.8 Å². The van der Waals surface area contributed by atoms with Gasteiger partial charge in [-0.25, -0.2) is 4.98 Å². The van der Waals surface area contributed by atoms with Gasteiger partial charge < -0.3 is 10.2 Å². The fourth-order valence-electron chi connectivity index (χ4n) is 3.31. The Bertz CT molecular complexity index is 697. The molecule has 1 N–H and O–H groups in total. The van der Waals surface area contributed by atoms with Gasteiger partial charge in [0, 0.05) is 29.9 Å². The van der Waals surface area contributed by atoms with Crippen LogP contribution in [0.25, 0.3) is 0 Å². The molecule has 2 heterocycles. The first-order valence-electron chi connectivity index (χ1n) is 8.40. The van der Waals surface area contributed by atoms with Crippen molar-refractivity contribution in [2.75, 3.05) is 11.9 Å². The largest absolute Gasteiger partial charge is 0.367 e. The molecule has 1 atom stereocenters. The van der Waals surface area contributed by atoms with Crippen molar-refractivity contribution in [1.29, 1.82) is 0 Å². The van der Waals surface area contributed by atoms with Crippen LogP contribution < -0.4 is 5.32 Å². The second-order valence-corrected chi connectivity index (χ2v) is 6.38. The quantitative estimate of drug-likeness (QED) is 0.938. The number of carbonyl (C=O) groups excluding carboxylic acids is 1. The number of benzene rings is 1. The normalized spacial score (nSPS) is 20.5. The standard InChI is InChI=1S/C19H21N3O/c23-19(14-6-2-1-3-7-14)22-13-5-9-17(22)16-8-4-12-20-18(16)21-15-10-11-15/h1-4,6-8,12,15,17H,5,9-11,13H2,(H,20,21)/t17-/m1/s1. The van der Waals surface area contributed by atoms with Gasteiger partial charge >= 0.3 is 0 Å². The highest BCUT2D eigenvalue weighted by Crippen LogP contribution is 2.37. The highest BCUT2D eigenvalue weighted by atomic mass is 16.2. The van der Waals surface area contributed by atoms with E-state index in [2.05, 4.69) is 16.4 Å². The molecule has 1 saturated heterocycles. The van der Waals surface area contributed by atoms with Gasteiger partial charge in [-0.3, -0.25) is 4.79 Å². The zero-order chi connectivity index (χ0) is 15.6. The Hall–Kier alpha value is -2.36. The Morgan fingerprint density at radius 1 is 1.09 bits per heavy atom. The first-order chi connectivity index (χ1) is 11.3. The van der Waals surface area contributed by atoms with E-state index < -0.39 is 0 Å². The number of anilines is 1. The van der Waals surface area contributed by atoms with Crippen LogP contribution in [0.3, 0.4) is 0 Å². The average Bonchev–Trinajstić information content (AvgIpc) is 3.28. The molecule has 1 aliphatic carbocycles. The van der Waals surface area contributed by atoms with Gasteiger partial charge in [0.05, 0.1) is 6.04 Å². The second kappa shape index (κ2) is 6.03. The van der Waals surface area contributed by atoms with Crippen LogP contribution in [0.1, 0.15) is 47.6 Å². The van der Waals surface area contributed by atoms with Crippen LogP contribution in [0.5, 0.6) is 0 Å². The van der Waals surface area contributed by atoms with Gasteiger partial charge in [0.25, 0.3) is 5.91 Å². The Morgan fingerprint density at radius 3 is 2.70 bits per heavy atom. The van der Waals surface area contributed by atoms with Gasteiger partial charge in [0.15, 0.2) is 0 Å². The summed E-state index contributed by atoms with van der Waals surface area (Å²) in [6.07, 6.45) is 6.30. The number of carbonyl (C=O) groups is 1. The summed E-state index contributed by atoms with van der Waals surface area (Å²) in [4.78, 5) is 19.4. The third-order valence-electron chi connectivity index (χ3n) is 4.65. The lowest BCUT2D eigenvalue weighted by Gasteiger charge is -2.26. The van der Waals surface area contributed by atoms with E-state index in [9.17, 15) is 4.79 Å². The maximum absolute atomic E-state index is 12.9. The highest BCUT2D eigenvalue weighted by molar-refractivity contribution is 5.94. The molecular formula is C19H21N3O. The average molecular weight is 307 g/mol. The van der Waals surface area contributed by atoms with Crippen LogP contribution in [-0.2, 0) is 0 Å². The van der Waals surface area contributed by atoms with E-state index in [-0.39, 0.29) is 11.9 Å². The predicted molar refractivity (Wildman–Crippen MR) is 90.3 cm³/mol. The minimum Gasteiger partial charge on any atom is -0.367 e.